The Labute approximate surface area is 126 Å². The third kappa shape index (κ3) is 2.48. The number of carboxylic acid groups (broad SMARTS) is 1. The highest BCUT2D eigenvalue weighted by atomic mass is 35.5. The second kappa shape index (κ2) is 5.38. The Hall–Kier alpha value is -2.05. The lowest BCUT2D eigenvalue weighted by Gasteiger charge is -2.18. The van der Waals surface area contributed by atoms with Crippen LogP contribution in [0.25, 0.3) is 11.4 Å². The van der Waals surface area contributed by atoms with Crippen LogP contribution in [0.4, 0.5) is 0 Å². The van der Waals surface area contributed by atoms with E-state index in [0.29, 0.717) is 40.8 Å². The van der Waals surface area contributed by atoms with Crippen LogP contribution in [-0.2, 0) is 11.2 Å². The number of ether oxygens (including phenoxy) is 1. The summed E-state index contributed by atoms with van der Waals surface area (Å²) in [5.74, 6) is 0.256. The van der Waals surface area contributed by atoms with E-state index in [-0.39, 0.29) is 0 Å². The summed E-state index contributed by atoms with van der Waals surface area (Å²) in [6.45, 7) is 0.596. The van der Waals surface area contributed by atoms with Crippen LogP contribution in [0.15, 0.2) is 18.2 Å². The Bertz CT molecular complexity index is 699. The van der Waals surface area contributed by atoms with E-state index in [4.69, 9.17) is 16.3 Å². The van der Waals surface area contributed by atoms with Gasteiger partial charge in [0.1, 0.15) is 11.6 Å². The summed E-state index contributed by atoms with van der Waals surface area (Å²) in [6.07, 6.45) is 0.703. The number of halogens is 1. The van der Waals surface area contributed by atoms with Crippen molar-refractivity contribution in [2.45, 2.75) is 12.5 Å². The van der Waals surface area contributed by atoms with Crippen LogP contribution in [0.1, 0.15) is 17.4 Å². The summed E-state index contributed by atoms with van der Waals surface area (Å²) in [7, 11) is 1.57. The summed E-state index contributed by atoms with van der Waals surface area (Å²) in [6, 6.07) is 4.44. The van der Waals surface area contributed by atoms with Crippen LogP contribution in [-0.4, -0.2) is 34.7 Å². The predicted molar refractivity (Wildman–Crippen MR) is 77.7 cm³/mol. The molecule has 0 spiro atoms. The zero-order valence-electron chi connectivity index (χ0n) is 11.3. The lowest BCUT2D eigenvalue weighted by Crippen LogP contribution is -2.35. The van der Waals surface area contributed by atoms with E-state index in [0.717, 1.165) is 5.69 Å². The van der Waals surface area contributed by atoms with Crippen LogP contribution in [0.2, 0.25) is 5.02 Å². The Kier molecular flexibility index (Phi) is 3.57. The molecule has 1 aromatic heterocycles. The molecule has 1 atom stereocenters. The first kappa shape index (κ1) is 13.9. The molecule has 1 aromatic carbocycles. The summed E-state index contributed by atoms with van der Waals surface area (Å²) in [5.41, 5.74) is 2.06. The van der Waals surface area contributed by atoms with Crippen LogP contribution in [0.3, 0.4) is 0 Å². The minimum Gasteiger partial charge on any atom is -0.496 e. The number of carbonyl (C=O) groups is 1. The number of imidazole rings is 1. The number of nitrogens with zero attached hydrogens (tertiary/aromatic N) is 1. The van der Waals surface area contributed by atoms with Crippen molar-refractivity contribution in [3.05, 3.63) is 34.6 Å². The van der Waals surface area contributed by atoms with E-state index in [1.54, 1.807) is 25.3 Å². The molecule has 3 N–H and O–H groups in total. The molecule has 0 unspecified atom stereocenters. The van der Waals surface area contributed by atoms with Gasteiger partial charge in [-0.05, 0) is 18.2 Å². The van der Waals surface area contributed by atoms with Crippen LogP contribution < -0.4 is 10.1 Å². The first-order chi connectivity index (χ1) is 10.1. The van der Waals surface area contributed by atoms with Gasteiger partial charge in [-0.15, -0.1) is 0 Å². The molecule has 1 aliphatic rings. The average Bonchev–Trinajstić information content (AvgIpc) is 2.90. The number of aromatic amines is 1. The number of rotatable bonds is 3. The maximum atomic E-state index is 11.3. The molecule has 6 nitrogen and oxygen atoms in total. The number of hydrogen-bond acceptors (Lipinski definition) is 4. The lowest BCUT2D eigenvalue weighted by molar-refractivity contribution is -0.139. The molecule has 110 valence electrons. The van der Waals surface area contributed by atoms with E-state index in [1.807, 2.05) is 0 Å². The van der Waals surface area contributed by atoms with Gasteiger partial charge in [0, 0.05) is 23.7 Å². The molecular weight excluding hydrogens is 294 g/mol. The molecule has 0 aliphatic carbocycles. The van der Waals surface area contributed by atoms with E-state index in [9.17, 15) is 9.90 Å². The Balaban J connectivity index is 2.09. The zero-order chi connectivity index (χ0) is 15.0. The molecule has 1 aliphatic heterocycles. The Morgan fingerprint density at radius 3 is 3.05 bits per heavy atom. The fourth-order valence-corrected chi connectivity index (χ4v) is 2.66. The predicted octanol–water partition coefficient (Wildman–Crippen LogP) is 2.01. The average molecular weight is 308 g/mol. The minimum absolute atomic E-state index is 0.519. The van der Waals surface area contributed by atoms with Gasteiger partial charge >= 0.3 is 5.97 Å². The molecular formula is C14H14ClN3O3. The van der Waals surface area contributed by atoms with E-state index >= 15 is 0 Å². The number of H-pyrrole nitrogens is 1. The van der Waals surface area contributed by atoms with Crippen LogP contribution in [0, 0.1) is 0 Å². The highest BCUT2D eigenvalue weighted by Crippen LogP contribution is 2.33. The number of carboxylic acids is 1. The zero-order valence-corrected chi connectivity index (χ0v) is 12.1. The fourth-order valence-electron chi connectivity index (χ4n) is 2.49. The van der Waals surface area contributed by atoms with Crippen LogP contribution >= 0.6 is 11.6 Å². The summed E-state index contributed by atoms with van der Waals surface area (Å²) in [5, 5.41) is 12.8. The molecule has 0 radical (unpaired) electrons. The maximum Gasteiger partial charge on any atom is 0.327 e. The molecule has 7 heteroatoms. The number of benzene rings is 1. The topological polar surface area (TPSA) is 87.2 Å². The number of aromatic nitrogens is 2. The van der Waals surface area contributed by atoms with Crippen molar-refractivity contribution in [2.24, 2.45) is 0 Å². The van der Waals surface area contributed by atoms with E-state index < -0.39 is 12.0 Å². The number of methoxy groups -OCH3 is 1. The Morgan fingerprint density at radius 2 is 2.33 bits per heavy atom. The molecule has 0 fully saturated rings. The number of nitrogens with one attached hydrogen (secondary N) is 2. The molecule has 0 amide bonds. The van der Waals surface area contributed by atoms with Crippen LogP contribution in [0.5, 0.6) is 5.75 Å². The summed E-state index contributed by atoms with van der Waals surface area (Å²) < 4.78 is 5.31. The molecule has 3 rings (SSSR count). The molecule has 0 saturated carbocycles. The normalized spacial score (nSPS) is 17.3. The van der Waals surface area contributed by atoms with Gasteiger partial charge in [0.2, 0.25) is 0 Å². The second-order valence-corrected chi connectivity index (χ2v) is 5.21. The van der Waals surface area contributed by atoms with Gasteiger partial charge in [-0.25, -0.2) is 4.98 Å². The van der Waals surface area contributed by atoms with Crippen molar-refractivity contribution >= 4 is 17.6 Å². The lowest BCUT2D eigenvalue weighted by atomic mass is 10.1. The number of fused-ring (bicyclic) bond motifs is 1. The largest absolute Gasteiger partial charge is 0.496 e. The van der Waals surface area contributed by atoms with Crippen molar-refractivity contribution in [2.75, 3.05) is 13.7 Å². The fraction of sp³-hybridized carbons (Fsp3) is 0.286. The molecule has 2 heterocycles. The summed E-state index contributed by atoms with van der Waals surface area (Å²) >= 11 is 6.03. The third-order valence-electron chi connectivity index (χ3n) is 3.47. The quantitative estimate of drug-likeness (QED) is 0.807. The van der Waals surface area contributed by atoms with Gasteiger partial charge in [-0.2, -0.15) is 0 Å². The van der Waals surface area contributed by atoms with Gasteiger partial charge < -0.3 is 14.8 Å². The van der Waals surface area contributed by atoms with Crippen molar-refractivity contribution < 1.29 is 14.6 Å². The van der Waals surface area contributed by atoms with Gasteiger partial charge in [-0.3, -0.25) is 10.1 Å². The van der Waals surface area contributed by atoms with E-state index in [1.165, 1.54) is 0 Å². The van der Waals surface area contributed by atoms with Gasteiger partial charge in [0.05, 0.1) is 18.4 Å². The molecule has 2 aromatic rings. The maximum absolute atomic E-state index is 11.3. The smallest absolute Gasteiger partial charge is 0.327 e. The first-order valence-electron chi connectivity index (χ1n) is 6.49. The molecule has 0 bridgehead atoms. The third-order valence-corrected chi connectivity index (χ3v) is 3.71. The SMILES string of the molecule is COc1ccc(Cl)cc1-c1nc2c([nH]1)CCN[C@@H]2C(=O)O. The van der Waals surface area contributed by atoms with Crippen molar-refractivity contribution in [3.63, 3.8) is 0 Å². The molecule has 21 heavy (non-hydrogen) atoms. The molecule has 0 saturated heterocycles. The first-order valence-corrected chi connectivity index (χ1v) is 6.87. The number of aliphatic carboxylic acids is 1. The van der Waals surface area contributed by atoms with Crippen molar-refractivity contribution in [3.8, 4) is 17.1 Å². The minimum atomic E-state index is -0.938. The van der Waals surface area contributed by atoms with Gasteiger partial charge in [-0.1, -0.05) is 11.6 Å². The van der Waals surface area contributed by atoms with Crippen molar-refractivity contribution in [1.82, 2.24) is 15.3 Å². The number of hydrogen-bond donors (Lipinski definition) is 3. The standard InChI is InChI=1S/C14H14ClN3O3/c1-21-10-3-2-7(15)6-8(10)13-17-9-4-5-16-12(14(19)20)11(9)18-13/h2-3,6,12,16H,4-5H2,1H3,(H,17,18)(H,19,20)/t12-/m0/s1. The van der Waals surface area contributed by atoms with Gasteiger partial charge in [0.25, 0.3) is 0 Å². The summed E-state index contributed by atoms with van der Waals surface area (Å²) in [4.78, 5) is 18.9. The van der Waals surface area contributed by atoms with Crippen molar-refractivity contribution in [1.29, 1.82) is 0 Å². The monoisotopic (exact) mass is 307 g/mol. The Morgan fingerprint density at radius 1 is 1.52 bits per heavy atom. The highest BCUT2D eigenvalue weighted by Gasteiger charge is 2.30. The highest BCUT2D eigenvalue weighted by molar-refractivity contribution is 6.30. The van der Waals surface area contributed by atoms with Gasteiger partial charge in [0.15, 0.2) is 6.04 Å². The second-order valence-electron chi connectivity index (χ2n) is 4.77. The van der Waals surface area contributed by atoms with E-state index in [2.05, 4.69) is 15.3 Å².